The van der Waals surface area contributed by atoms with Crippen molar-refractivity contribution in [2.45, 2.75) is 26.8 Å². The number of fused-ring (bicyclic) bond motifs is 1. The fourth-order valence-corrected chi connectivity index (χ4v) is 2.22. The summed E-state index contributed by atoms with van der Waals surface area (Å²) in [6.45, 7) is 7.40. The van der Waals surface area contributed by atoms with Gasteiger partial charge in [0.05, 0.1) is 5.69 Å². The van der Waals surface area contributed by atoms with Gasteiger partial charge in [0.25, 0.3) is 0 Å². The van der Waals surface area contributed by atoms with Crippen molar-refractivity contribution in [1.29, 1.82) is 0 Å². The molecule has 1 aromatic heterocycles. The number of nitrogens with one attached hydrogen (secondary N) is 1. The molecule has 0 spiro atoms. The summed E-state index contributed by atoms with van der Waals surface area (Å²) in [6, 6.07) is 0. The maximum atomic E-state index is 4.42. The molecule has 0 fully saturated rings. The maximum absolute atomic E-state index is 4.42. The van der Waals surface area contributed by atoms with Crippen LogP contribution in [0, 0.1) is 5.92 Å². The van der Waals surface area contributed by atoms with Gasteiger partial charge >= 0.3 is 0 Å². The van der Waals surface area contributed by atoms with Crippen LogP contribution in [-0.4, -0.2) is 30.1 Å². The van der Waals surface area contributed by atoms with Gasteiger partial charge in [-0.3, -0.25) is 0 Å². The highest BCUT2D eigenvalue weighted by Crippen LogP contribution is 2.21. The summed E-state index contributed by atoms with van der Waals surface area (Å²) in [6.07, 6.45) is 2.71. The Kier molecular flexibility index (Phi) is 3.39. The minimum absolute atomic E-state index is 0.646. The number of hydrogen-bond acceptors (Lipinski definition) is 4. The van der Waals surface area contributed by atoms with Gasteiger partial charge in [-0.2, -0.15) is 0 Å². The van der Waals surface area contributed by atoms with Gasteiger partial charge in [-0.15, -0.1) is 0 Å². The molecule has 0 unspecified atom stereocenters. The SMILES string of the molecule is CC(C)CN(C)c1ncnc2c1CNCC2. The van der Waals surface area contributed by atoms with Crippen LogP contribution in [0.3, 0.4) is 0 Å². The lowest BCUT2D eigenvalue weighted by molar-refractivity contribution is 0.605. The third kappa shape index (κ3) is 2.32. The van der Waals surface area contributed by atoms with Crippen molar-refractivity contribution in [3.05, 3.63) is 17.6 Å². The van der Waals surface area contributed by atoms with E-state index < -0.39 is 0 Å². The first-order valence-corrected chi connectivity index (χ1v) is 5.93. The van der Waals surface area contributed by atoms with Crippen LogP contribution in [0.1, 0.15) is 25.1 Å². The van der Waals surface area contributed by atoms with E-state index >= 15 is 0 Å². The summed E-state index contributed by atoms with van der Waals surface area (Å²) >= 11 is 0. The molecule has 0 saturated heterocycles. The van der Waals surface area contributed by atoms with Crippen molar-refractivity contribution in [2.75, 3.05) is 25.0 Å². The Morgan fingerprint density at radius 2 is 2.25 bits per heavy atom. The summed E-state index contributed by atoms with van der Waals surface area (Å²) in [5.74, 6) is 1.73. The predicted molar refractivity (Wildman–Crippen MR) is 65.6 cm³/mol. The molecular formula is C12H20N4. The van der Waals surface area contributed by atoms with Crippen LogP contribution in [0.2, 0.25) is 0 Å². The van der Waals surface area contributed by atoms with Crippen LogP contribution < -0.4 is 10.2 Å². The molecule has 1 aliphatic rings. The van der Waals surface area contributed by atoms with Crippen molar-refractivity contribution in [2.24, 2.45) is 5.92 Å². The molecule has 0 aromatic carbocycles. The third-order valence-corrected chi connectivity index (χ3v) is 2.85. The summed E-state index contributed by atoms with van der Waals surface area (Å²) in [7, 11) is 2.11. The molecule has 1 N–H and O–H groups in total. The summed E-state index contributed by atoms with van der Waals surface area (Å²) in [5.41, 5.74) is 2.48. The molecule has 2 rings (SSSR count). The van der Waals surface area contributed by atoms with Crippen molar-refractivity contribution >= 4 is 5.82 Å². The molecular weight excluding hydrogens is 200 g/mol. The largest absolute Gasteiger partial charge is 0.359 e. The fraction of sp³-hybridized carbons (Fsp3) is 0.667. The molecule has 0 radical (unpaired) electrons. The van der Waals surface area contributed by atoms with Crippen LogP contribution in [0.4, 0.5) is 5.82 Å². The predicted octanol–water partition coefficient (Wildman–Crippen LogP) is 1.21. The Bertz CT molecular complexity index is 362. The van der Waals surface area contributed by atoms with E-state index in [0.29, 0.717) is 5.92 Å². The lowest BCUT2D eigenvalue weighted by Crippen LogP contribution is -2.30. The molecule has 1 aliphatic heterocycles. The van der Waals surface area contributed by atoms with E-state index in [1.165, 1.54) is 11.3 Å². The van der Waals surface area contributed by atoms with E-state index in [1.54, 1.807) is 6.33 Å². The van der Waals surface area contributed by atoms with Gasteiger partial charge in [-0.25, -0.2) is 9.97 Å². The fourth-order valence-electron chi connectivity index (χ4n) is 2.22. The second-order valence-electron chi connectivity index (χ2n) is 4.82. The molecule has 0 aliphatic carbocycles. The molecule has 2 heterocycles. The van der Waals surface area contributed by atoms with Gasteiger partial charge in [0.15, 0.2) is 0 Å². The average molecular weight is 220 g/mol. The summed E-state index contributed by atoms with van der Waals surface area (Å²) in [4.78, 5) is 11.0. The lowest BCUT2D eigenvalue weighted by Gasteiger charge is -2.26. The average Bonchev–Trinajstić information content (AvgIpc) is 2.27. The van der Waals surface area contributed by atoms with Crippen molar-refractivity contribution in [3.63, 3.8) is 0 Å². The van der Waals surface area contributed by atoms with Gasteiger partial charge in [-0.05, 0) is 5.92 Å². The summed E-state index contributed by atoms with van der Waals surface area (Å²) in [5, 5.41) is 3.38. The molecule has 0 atom stereocenters. The van der Waals surface area contributed by atoms with Crippen LogP contribution in [0.5, 0.6) is 0 Å². The third-order valence-electron chi connectivity index (χ3n) is 2.85. The second-order valence-corrected chi connectivity index (χ2v) is 4.82. The molecule has 4 nitrogen and oxygen atoms in total. The van der Waals surface area contributed by atoms with Gasteiger partial charge in [0.2, 0.25) is 0 Å². The topological polar surface area (TPSA) is 41.1 Å². The van der Waals surface area contributed by atoms with Gasteiger partial charge < -0.3 is 10.2 Å². The molecule has 0 amide bonds. The van der Waals surface area contributed by atoms with E-state index in [4.69, 9.17) is 0 Å². The molecule has 1 aromatic rings. The Labute approximate surface area is 97.1 Å². The van der Waals surface area contributed by atoms with E-state index in [2.05, 4.69) is 41.1 Å². The van der Waals surface area contributed by atoms with Crippen molar-refractivity contribution in [3.8, 4) is 0 Å². The van der Waals surface area contributed by atoms with Crippen molar-refractivity contribution in [1.82, 2.24) is 15.3 Å². The maximum Gasteiger partial charge on any atom is 0.136 e. The zero-order chi connectivity index (χ0) is 11.5. The smallest absolute Gasteiger partial charge is 0.136 e. The first kappa shape index (κ1) is 11.3. The Morgan fingerprint density at radius 1 is 1.44 bits per heavy atom. The number of rotatable bonds is 3. The normalized spacial score (nSPS) is 15.0. The minimum Gasteiger partial charge on any atom is -0.359 e. The number of hydrogen-bond donors (Lipinski definition) is 1. The van der Waals surface area contributed by atoms with Crippen LogP contribution in [0.25, 0.3) is 0 Å². The number of anilines is 1. The summed E-state index contributed by atoms with van der Waals surface area (Å²) < 4.78 is 0. The van der Waals surface area contributed by atoms with E-state index in [-0.39, 0.29) is 0 Å². The zero-order valence-electron chi connectivity index (χ0n) is 10.3. The first-order valence-electron chi connectivity index (χ1n) is 5.93. The van der Waals surface area contributed by atoms with E-state index in [9.17, 15) is 0 Å². The highest BCUT2D eigenvalue weighted by Gasteiger charge is 2.17. The Balaban J connectivity index is 2.26. The minimum atomic E-state index is 0.646. The molecule has 0 bridgehead atoms. The number of aromatic nitrogens is 2. The zero-order valence-corrected chi connectivity index (χ0v) is 10.3. The van der Waals surface area contributed by atoms with Crippen LogP contribution in [-0.2, 0) is 13.0 Å². The highest BCUT2D eigenvalue weighted by molar-refractivity contribution is 5.48. The van der Waals surface area contributed by atoms with Gasteiger partial charge in [-0.1, -0.05) is 13.8 Å². The Hall–Kier alpha value is -1.16. The molecule has 16 heavy (non-hydrogen) atoms. The standard InChI is InChI=1S/C12H20N4/c1-9(2)7-16(3)12-10-6-13-5-4-11(10)14-8-15-12/h8-9,13H,4-7H2,1-3H3. The van der Waals surface area contributed by atoms with E-state index in [0.717, 1.165) is 31.9 Å². The van der Waals surface area contributed by atoms with Gasteiger partial charge in [0, 0.05) is 38.7 Å². The monoisotopic (exact) mass is 220 g/mol. The van der Waals surface area contributed by atoms with E-state index in [1.807, 2.05) is 0 Å². The lowest BCUT2D eigenvalue weighted by atomic mass is 10.1. The van der Waals surface area contributed by atoms with Crippen molar-refractivity contribution < 1.29 is 0 Å². The second kappa shape index (κ2) is 4.78. The number of nitrogens with zero attached hydrogens (tertiary/aromatic N) is 3. The highest BCUT2D eigenvalue weighted by atomic mass is 15.2. The Morgan fingerprint density at radius 3 is 3.00 bits per heavy atom. The molecule has 88 valence electrons. The van der Waals surface area contributed by atoms with Crippen LogP contribution >= 0.6 is 0 Å². The molecule has 0 saturated carbocycles. The molecule has 4 heteroatoms. The van der Waals surface area contributed by atoms with Crippen LogP contribution in [0.15, 0.2) is 6.33 Å². The first-order chi connectivity index (χ1) is 7.68. The quantitative estimate of drug-likeness (QED) is 0.831. The van der Waals surface area contributed by atoms with Gasteiger partial charge in [0.1, 0.15) is 12.1 Å².